The summed E-state index contributed by atoms with van der Waals surface area (Å²) in [6.45, 7) is 3.28. The Hall–Kier alpha value is -3.56. The monoisotopic (exact) mass is 514 g/mol. The molecule has 1 saturated heterocycles. The molecule has 5 rings (SSSR count). The van der Waals surface area contributed by atoms with Gasteiger partial charge in [-0.2, -0.15) is 18.2 Å². The van der Waals surface area contributed by atoms with Crippen molar-refractivity contribution >= 4 is 17.3 Å². The lowest BCUT2D eigenvalue weighted by molar-refractivity contribution is -0.141. The van der Waals surface area contributed by atoms with E-state index < -0.39 is 29.5 Å². The number of Topliss-reactive ketones (excluding diaryl/α,β-unsaturated/α-hetero) is 1. The molecule has 196 valence electrons. The minimum atomic E-state index is -4.83. The van der Waals surface area contributed by atoms with Crippen LogP contribution in [0, 0.1) is 0 Å². The number of rotatable bonds is 7. The Bertz CT molecular complexity index is 1180. The van der Waals surface area contributed by atoms with Crippen LogP contribution in [0.5, 0.6) is 6.08 Å². The molecule has 37 heavy (non-hydrogen) atoms. The number of benzene rings is 1. The van der Waals surface area contributed by atoms with E-state index in [1.807, 2.05) is 18.2 Å². The van der Waals surface area contributed by atoms with Crippen molar-refractivity contribution < 1.29 is 27.1 Å². The lowest BCUT2D eigenvalue weighted by Gasteiger charge is -2.36. The topological polar surface area (TPSA) is 71.7 Å². The maximum absolute atomic E-state index is 13.6. The number of aromatic nitrogens is 2. The zero-order chi connectivity index (χ0) is 25.8. The van der Waals surface area contributed by atoms with Gasteiger partial charge in [0.1, 0.15) is 11.9 Å². The smallest absolute Gasteiger partial charge is 0.437 e. The molecule has 2 fully saturated rings. The van der Waals surface area contributed by atoms with E-state index in [1.54, 1.807) is 12.1 Å². The van der Waals surface area contributed by atoms with E-state index in [4.69, 9.17) is 9.15 Å². The summed E-state index contributed by atoms with van der Waals surface area (Å²) in [7, 11) is 0. The van der Waals surface area contributed by atoms with E-state index in [0.717, 1.165) is 64.1 Å². The number of ketones is 1. The van der Waals surface area contributed by atoms with Gasteiger partial charge in [0.25, 0.3) is 0 Å². The van der Waals surface area contributed by atoms with Crippen LogP contribution in [-0.4, -0.2) is 48.0 Å². The van der Waals surface area contributed by atoms with Crippen LogP contribution in [-0.2, 0) is 12.6 Å². The van der Waals surface area contributed by atoms with E-state index in [1.165, 1.54) is 11.9 Å². The number of carbonyl (C=O) groups excluding carboxylic acids is 1. The number of alkyl halides is 3. The molecule has 1 saturated carbocycles. The molecule has 0 atom stereocenters. The molecule has 1 aromatic carbocycles. The van der Waals surface area contributed by atoms with Gasteiger partial charge < -0.3 is 19.0 Å². The number of hydrogen-bond acceptors (Lipinski definition) is 7. The number of oxazole rings is 1. The predicted molar refractivity (Wildman–Crippen MR) is 132 cm³/mol. The number of pyridine rings is 1. The van der Waals surface area contributed by atoms with Crippen molar-refractivity contribution in [3.63, 3.8) is 0 Å². The fraction of sp³-hybridized carbons (Fsp3) is 0.444. The van der Waals surface area contributed by atoms with Crippen molar-refractivity contribution in [2.75, 3.05) is 36.0 Å². The van der Waals surface area contributed by atoms with E-state index in [-0.39, 0.29) is 12.5 Å². The number of carbonyl (C=O) groups is 1. The average Bonchev–Trinajstić information content (AvgIpc) is 3.35. The number of ether oxygens (including phenoxy) is 1. The van der Waals surface area contributed by atoms with Gasteiger partial charge in [0.2, 0.25) is 11.5 Å². The minimum absolute atomic E-state index is 0.247. The first-order chi connectivity index (χ1) is 17.9. The van der Waals surface area contributed by atoms with E-state index >= 15 is 0 Å². The summed E-state index contributed by atoms with van der Waals surface area (Å²) < 4.78 is 51.5. The summed E-state index contributed by atoms with van der Waals surface area (Å²) in [5.74, 6) is -0.869. The van der Waals surface area contributed by atoms with Gasteiger partial charge in [-0.25, -0.2) is 4.98 Å². The lowest BCUT2D eigenvalue weighted by Crippen LogP contribution is -2.46. The quantitative estimate of drug-likeness (QED) is 0.383. The molecule has 1 aliphatic heterocycles. The van der Waals surface area contributed by atoms with Gasteiger partial charge in [0.05, 0.1) is 0 Å². The second-order valence-corrected chi connectivity index (χ2v) is 9.47. The van der Waals surface area contributed by atoms with Crippen LogP contribution >= 0.6 is 0 Å². The summed E-state index contributed by atoms with van der Waals surface area (Å²) in [5.41, 5.74) is 0.335. The molecule has 1 aliphatic carbocycles. The van der Waals surface area contributed by atoms with Crippen LogP contribution < -0.4 is 14.5 Å². The summed E-state index contributed by atoms with van der Waals surface area (Å²) in [6, 6.07) is 13.7. The number of hydrogen-bond donors (Lipinski definition) is 0. The third-order valence-electron chi connectivity index (χ3n) is 6.85. The van der Waals surface area contributed by atoms with E-state index in [9.17, 15) is 18.0 Å². The predicted octanol–water partition coefficient (Wildman–Crippen LogP) is 5.55. The van der Waals surface area contributed by atoms with Gasteiger partial charge in [0, 0.05) is 44.5 Å². The zero-order valence-corrected chi connectivity index (χ0v) is 20.4. The second-order valence-electron chi connectivity index (χ2n) is 9.47. The molecule has 3 aromatic rings. The minimum Gasteiger partial charge on any atom is -0.447 e. The van der Waals surface area contributed by atoms with Crippen LogP contribution in [0.25, 0.3) is 0 Å². The Balaban J connectivity index is 1.22. The largest absolute Gasteiger partial charge is 0.447 e. The molecule has 0 spiro atoms. The summed E-state index contributed by atoms with van der Waals surface area (Å²) >= 11 is 0. The Morgan fingerprint density at radius 1 is 0.973 bits per heavy atom. The molecular weight excluding hydrogens is 485 g/mol. The van der Waals surface area contributed by atoms with Crippen molar-refractivity contribution in [3.05, 3.63) is 65.7 Å². The first-order valence-corrected chi connectivity index (χ1v) is 12.6. The standard InChI is InChI=1S/C27H29F3N4O3/c28-27(29,30)25-24(37-26(32-25)36-21-9-5-2-6-10-21)22(35)17-19-11-12-23(31-18-19)34-15-13-33(14-16-34)20-7-3-1-4-8-20/h1,3-4,7-8,11-12,18,21H,2,5-6,9-10,13-17H2. The molecule has 2 aromatic heterocycles. The number of para-hydroxylation sites is 1. The Labute approximate surface area is 213 Å². The highest BCUT2D eigenvalue weighted by Gasteiger charge is 2.41. The van der Waals surface area contributed by atoms with Gasteiger partial charge >= 0.3 is 12.3 Å². The highest BCUT2D eigenvalue weighted by molar-refractivity contribution is 5.96. The summed E-state index contributed by atoms with van der Waals surface area (Å²) in [5, 5.41) is 0. The summed E-state index contributed by atoms with van der Waals surface area (Å²) in [6.07, 6.45) is 0.0823. The molecular formula is C27H29F3N4O3. The molecule has 3 heterocycles. The maximum atomic E-state index is 13.6. The number of anilines is 2. The van der Waals surface area contributed by atoms with Crippen LogP contribution in [0.15, 0.2) is 53.1 Å². The normalized spacial score (nSPS) is 17.2. The first-order valence-electron chi connectivity index (χ1n) is 12.6. The Morgan fingerprint density at radius 3 is 2.32 bits per heavy atom. The molecule has 0 radical (unpaired) electrons. The highest BCUT2D eigenvalue weighted by atomic mass is 19.4. The van der Waals surface area contributed by atoms with Crippen LogP contribution in [0.1, 0.15) is 53.9 Å². The number of nitrogens with zero attached hydrogens (tertiary/aromatic N) is 4. The van der Waals surface area contributed by atoms with Crippen LogP contribution in [0.2, 0.25) is 0 Å². The van der Waals surface area contributed by atoms with Gasteiger partial charge in [-0.15, -0.1) is 0 Å². The molecule has 0 bridgehead atoms. The summed E-state index contributed by atoms with van der Waals surface area (Å²) in [4.78, 5) is 25.2. The molecule has 0 unspecified atom stereocenters. The molecule has 0 amide bonds. The van der Waals surface area contributed by atoms with Gasteiger partial charge in [-0.1, -0.05) is 30.7 Å². The molecule has 0 N–H and O–H groups in total. The molecule has 7 nitrogen and oxygen atoms in total. The van der Waals surface area contributed by atoms with Gasteiger partial charge in [-0.3, -0.25) is 4.79 Å². The van der Waals surface area contributed by atoms with E-state index in [2.05, 4.69) is 31.9 Å². The highest BCUT2D eigenvalue weighted by Crippen LogP contribution is 2.35. The van der Waals surface area contributed by atoms with Crippen molar-refractivity contribution in [2.45, 2.75) is 50.8 Å². The third kappa shape index (κ3) is 6.06. The molecule has 10 heteroatoms. The average molecular weight is 515 g/mol. The fourth-order valence-corrected chi connectivity index (χ4v) is 4.86. The van der Waals surface area contributed by atoms with Crippen LogP contribution in [0.3, 0.4) is 0 Å². The van der Waals surface area contributed by atoms with Crippen molar-refractivity contribution in [1.29, 1.82) is 0 Å². The number of piperazine rings is 1. The molecule has 2 aliphatic rings. The van der Waals surface area contributed by atoms with Crippen molar-refractivity contribution in [2.24, 2.45) is 0 Å². The van der Waals surface area contributed by atoms with E-state index in [0.29, 0.717) is 5.56 Å². The Kier molecular flexibility index (Phi) is 7.34. The third-order valence-corrected chi connectivity index (χ3v) is 6.85. The van der Waals surface area contributed by atoms with Crippen LogP contribution in [0.4, 0.5) is 24.7 Å². The number of halogens is 3. The second kappa shape index (κ2) is 10.8. The lowest BCUT2D eigenvalue weighted by atomic mass is 9.98. The SMILES string of the molecule is O=C(Cc1ccc(N2CCN(c3ccccc3)CC2)nc1)c1oc(OC2CCCCC2)nc1C(F)(F)F. The van der Waals surface area contributed by atoms with Gasteiger partial charge in [-0.05, 0) is 49.4 Å². The zero-order valence-electron chi connectivity index (χ0n) is 20.4. The first kappa shape index (κ1) is 25.1. The van der Waals surface area contributed by atoms with Crippen molar-refractivity contribution in [3.8, 4) is 6.08 Å². The Morgan fingerprint density at radius 2 is 1.68 bits per heavy atom. The van der Waals surface area contributed by atoms with Crippen molar-refractivity contribution in [1.82, 2.24) is 9.97 Å². The van der Waals surface area contributed by atoms with Gasteiger partial charge in [0.15, 0.2) is 5.69 Å². The fourth-order valence-electron chi connectivity index (χ4n) is 4.86. The maximum Gasteiger partial charge on any atom is 0.437 e.